The van der Waals surface area contributed by atoms with Gasteiger partial charge in [0.25, 0.3) is 0 Å². The molecule has 0 radical (unpaired) electrons. The molecule has 4 nitrogen and oxygen atoms in total. The average molecular weight is 256 g/mol. The molecule has 1 rings (SSSR count). The van der Waals surface area contributed by atoms with Gasteiger partial charge in [0, 0.05) is 12.6 Å². The van der Waals surface area contributed by atoms with Crippen molar-refractivity contribution in [2.75, 3.05) is 6.54 Å². The summed E-state index contributed by atoms with van der Waals surface area (Å²) in [6.07, 6.45) is 0.629. The Bertz CT molecular complexity index is 481. The minimum absolute atomic E-state index is 0.00236. The van der Waals surface area contributed by atoms with Crippen LogP contribution in [0, 0.1) is 13.8 Å². The lowest BCUT2D eigenvalue weighted by Crippen LogP contribution is -2.29. The van der Waals surface area contributed by atoms with E-state index >= 15 is 0 Å². The molecule has 0 aliphatic carbocycles. The van der Waals surface area contributed by atoms with Crippen LogP contribution in [0.2, 0.25) is 0 Å². The number of hydrogen-bond donors (Lipinski definition) is 2. The van der Waals surface area contributed by atoms with Crippen molar-refractivity contribution < 1.29 is 8.42 Å². The summed E-state index contributed by atoms with van der Waals surface area (Å²) in [7, 11) is -3.40. The van der Waals surface area contributed by atoms with Crippen molar-refractivity contribution in [1.82, 2.24) is 4.72 Å². The van der Waals surface area contributed by atoms with Crippen LogP contribution in [0.3, 0.4) is 0 Å². The van der Waals surface area contributed by atoms with Gasteiger partial charge < -0.3 is 5.73 Å². The minimum atomic E-state index is -3.40. The average Bonchev–Trinajstić information content (AvgIpc) is 2.21. The van der Waals surface area contributed by atoms with E-state index in [9.17, 15) is 8.42 Å². The van der Waals surface area contributed by atoms with E-state index < -0.39 is 10.0 Å². The van der Waals surface area contributed by atoms with Crippen molar-refractivity contribution in [1.29, 1.82) is 0 Å². The van der Waals surface area contributed by atoms with Crippen LogP contribution < -0.4 is 10.5 Å². The highest BCUT2D eigenvalue weighted by Gasteiger charge is 2.13. The molecule has 96 valence electrons. The fourth-order valence-corrected chi connectivity index (χ4v) is 2.52. The minimum Gasteiger partial charge on any atom is -0.328 e. The molecular formula is C12H20N2O2S. The molecule has 0 aromatic heterocycles. The van der Waals surface area contributed by atoms with E-state index in [-0.39, 0.29) is 6.04 Å². The number of rotatable bonds is 5. The van der Waals surface area contributed by atoms with Crippen LogP contribution in [0.4, 0.5) is 0 Å². The van der Waals surface area contributed by atoms with Crippen molar-refractivity contribution in [2.45, 2.75) is 38.1 Å². The third kappa shape index (κ3) is 4.11. The van der Waals surface area contributed by atoms with E-state index in [0.717, 1.165) is 11.1 Å². The first-order chi connectivity index (χ1) is 7.83. The Morgan fingerprint density at radius 2 is 1.94 bits per heavy atom. The molecule has 0 aliphatic heterocycles. The molecule has 3 N–H and O–H groups in total. The van der Waals surface area contributed by atoms with Crippen LogP contribution in [0.25, 0.3) is 0 Å². The lowest BCUT2D eigenvalue weighted by atomic mass is 10.1. The van der Waals surface area contributed by atoms with Gasteiger partial charge in [-0.25, -0.2) is 13.1 Å². The topological polar surface area (TPSA) is 72.2 Å². The van der Waals surface area contributed by atoms with E-state index in [1.807, 2.05) is 26.8 Å². The maximum atomic E-state index is 11.9. The summed E-state index contributed by atoms with van der Waals surface area (Å²) >= 11 is 0. The second-order valence-corrected chi connectivity index (χ2v) is 6.18. The zero-order chi connectivity index (χ0) is 13.1. The molecule has 0 fully saturated rings. The number of nitrogens with two attached hydrogens (primary N) is 1. The van der Waals surface area contributed by atoms with Crippen molar-refractivity contribution in [2.24, 2.45) is 5.73 Å². The van der Waals surface area contributed by atoms with Crippen LogP contribution >= 0.6 is 0 Å². The van der Waals surface area contributed by atoms with Gasteiger partial charge in [-0.05, 0) is 50.5 Å². The van der Waals surface area contributed by atoms with Gasteiger partial charge in [-0.1, -0.05) is 6.07 Å². The Morgan fingerprint density at radius 3 is 2.47 bits per heavy atom. The summed E-state index contributed by atoms with van der Waals surface area (Å²) in [6, 6.07) is 5.12. The molecule has 0 saturated heterocycles. The third-order valence-electron chi connectivity index (χ3n) is 2.68. The smallest absolute Gasteiger partial charge is 0.240 e. The van der Waals surface area contributed by atoms with Gasteiger partial charge in [0.05, 0.1) is 4.90 Å². The maximum Gasteiger partial charge on any atom is 0.240 e. The van der Waals surface area contributed by atoms with E-state index in [0.29, 0.717) is 17.9 Å². The van der Waals surface area contributed by atoms with Gasteiger partial charge in [-0.15, -0.1) is 0 Å². The highest BCUT2D eigenvalue weighted by Crippen LogP contribution is 2.14. The summed E-state index contributed by atoms with van der Waals surface area (Å²) in [5, 5.41) is 0. The monoisotopic (exact) mass is 256 g/mol. The number of sulfonamides is 1. The number of nitrogens with one attached hydrogen (secondary N) is 1. The Morgan fingerprint density at radius 1 is 1.29 bits per heavy atom. The molecule has 0 amide bonds. The Kier molecular flexibility index (Phi) is 4.68. The molecule has 0 saturated carbocycles. The van der Waals surface area contributed by atoms with E-state index in [1.54, 1.807) is 12.1 Å². The summed E-state index contributed by atoms with van der Waals surface area (Å²) in [4.78, 5) is 0.310. The summed E-state index contributed by atoms with van der Waals surface area (Å²) < 4.78 is 26.4. The molecule has 0 heterocycles. The molecule has 0 spiro atoms. The normalized spacial score (nSPS) is 13.6. The second kappa shape index (κ2) is 5.62. The molecule has 0 bridgehead atoms. The molecule has 5 heteroatoms. The van der Waals surface area contributed by atoms with Gasteiger partial charge in [-0.3, -0.25) is 0 Å². The largest absolute Gasteiger partial charge is 0.328 e. The first kappa shape index (κ1) is 14.2. The number of aryl methyl sites for hydroxylation is 2. The molecule has 1 aromatic carbocycles. The fraction of sp³-hybridized carbons (Fsp3) is 0.500. The van der Waals surface area contributed by atoms with Crippen LogP contribution in [0.15, 0.2) is 23.1 Å². The lowest BCUT2D eigenvalue weighted by molar-refractivity contribution is 0.571. The van der Waals surface area contributed by atoms with Crippen molar-refractivity contribution in [3.63, 3.8) is 0 Å². The van der Waals surface area contributed by atoms with Gasteiger partial charge in [0.2, 0.25) is 10.0 Å². The molecular weight excluding hydrogens is 236 g/mol. The molecule has 17 heavy (non-hydrogen) atoms. The lowest BCUT2D eigenvalue weighted by Gasteiger charge is -2.09. The highest BCUT2D eigenvalue weighted by atomic mass is 32.2. The standard InChI is InChI=1S/C12H20N2O2S/c1-9-4-5-12(8-10(9)2)17(15,16)14-7-6-11(3)13/h4-5,8,11,14H,6-7,13H2,1-3H3. The van der Waals surface area contributed by atoms with E-state index in [4.69, 9.17) is 5.73 Å². The molecule has 1 unspecified atom stereocenters. The van der Waals surface area contributed by atoms with Crippen molar-refractivity contribution in [3.8, 4) is 0 Å². The van der Waals surface area contributed by atoms with Crippen molar-refractivity contribution >= 4 is 10.0 Å². The van der Waals surface area contributed by atoms with Crippen LogP contribution in [0.5, 0.6) is 0 Å². The van der Waals surface area contributed by atoms with Crippen LogP contribution in [-0.2, 0) is 10.0 Å². The Labute approximate surface area is 103 Å². The second-order valence-electron chi connectivity index (χ2n) is 4.41. The van der Waals surface area contributed by atoms with E-state index in [1.165, 1.54) is 0 Å². The molecule has 1 atom stereocenters. The van der Waals surface area contributed by atoms with Crippen LogP contribution in [-0.4, -0.2) is 21.0 Å². The van der Waals surface area contributed by atoms with Gasteiger partial charge in [0.15, 0.2) is 0 Å². The highest BCUT2D eigenvalue weighted by molar-refractivity contribution is 7.89. The third-order valence-corrected chi connectivity index (χ3v) is 4.14. The fourth-order valence-electron chi connectivity index (χ4n) is 1.39. The summed E-state index contributed by atoms with van der Waals surface area (Å²) in [5.74, 6) is 0. The van der Waals surface area contributed by atoms with Gasteiger partial charge in [-0.2, -0.15) is 0 Å². The number of benzene rings is 1. The molecule has 1 aromatic rings. The van der Waals surface area contributed by atoms with Gasteiger partial charge in [0.1, 0.15) is 0 Å². The quantitative estimate of drug-likeness (QED) is 0.834. The predicted molar refractivity (Wildman–Crippen MR) is 69.4 cm³/mol. The predicted octanol–water partition coefficient (Wildman–Crippen LogP) is 1.32. The summed E-state index contributed by atoms with van der Waals surface area (Å²) in [6.45, 7) is 6.07. The SMILES string of the molecule is Cc1ccc(S(=O)(=O)NCCC(C)N)cc1C. The Hall–Kier alpha value is -0.910. The summed E-state index contributed by atoms with van der Waals surface area (Å²) in [5.41, 5.74) is 7.62. The van der Waals surface area contributed by atoms with Crippen LogP contribution in [0.1, 0.15) is 24.5 Å². The molecule has 0 aliphatic rings. The first-order valence-electron chi connectivity index (χ1n) is 5.65. The number of hydrogen-bond acceptors (Lipinski definition) is 3. The van der Waals surface area contributed by atoms with Crippen molar-refractivity contribution in [3.05, 3.63) is 29.3 Å². The zero-order valence-electron chi connectivity index (χ0n) is 10.5. The Balaban J connectivity index is 2.79. The van der Waals surface area contributed by atoms with E-state index in [2.05, 4.69) is 4.72 Å². The van der Waals surface area contributed by atoms with Gasteiger partial charge >= 0.3 is 0 Å². The first-order valence-corrected chi connectivity index (χ1v) is 7.14. The maximum absolute atomic E-state index is 11.9. The zero-order valence-corrected chi connectivity index (χ0v) is 11.3.